The molecule has 0 aliphatic carbocycles. The molecule has 0 aromatic heterocycles. The van der Waals surface area contributed by atoms with E-state index in [1.54, 1.807) is 48.5 Å². The summed E-state index contributed by atoms with van der Waals surface area (Å²) in [5, 5.41) is 0. The summed E-state index contributed by atoms with van der Waals surface area (Å²) in [6, 6.07) is 17.6. The molecule has 0 amide bonds. The molecule has 1 aliphatic rings. The first-order valence-electron chi connectivity index (χ1n) is 8.70. The van der Waals surface area contributed by atoms with Crippen LogP contribution < -0.4 is 0 Å². The van der Waals surface area contributed by atoms with E-state index in [2.05, 4.69) is 0 Å². The van der Waals surface area contributed by atoms with E-state index in [1.165, 1.54) is 0 Å². The van der Waals surface area contributed by atoms with Crippen LogP contribution in [0.3, 0.4) is 0 Å². The largest absolute Gasteiger partial charge is 0.459 e. The van der Waals surface area contributed by atoms with E-state index in [9.17, 15) is 9.59 Å². The zero-order valence-corrected chi connectivity index (χ0v) is 14.8. The van der Waals surface area contributed by atoms with Gasteiger partial charge in [0.05, 0.1) is 17.2 Å². The Morgan fingerprint density at radius 2 is 1.42 bits per heavy atom. The van der Waals surface area contributed by atoms with Gasteiger partial charge in [0.1, 0.15) is 18.8 Å². The van der Waals surface area contributed by atoms with Gasteiger partial charge in [0.15, 0.2) is 0 Å². The van der Waals surface area contributed by atoms with Crippen LogP contribution in [0.5, 0.6) is 0 Å². The van der Waals surface area contributed by atoms with Crippen LogP contribution in [0, 0.1) is 5.92 Å². The van der Waals surface area contributed by atoms with Crippen molar-refractivity contribution in [2.45, 2.75) is 32.2 Å². The molecular weight excluding hydrogens is 332 g/mol. The second kappa shape index (κ2) is 8.15. The van der Waals surface area contributed by atoms with Crippen molar-refractivity contribution in [2.75, 3.05) is 6.61 Å². The lowest BCUT2D eigenvalue weighted by Crippen LogP contribution is -2.35. The quantitative estimate of drug-likeness (QED) is 0.769. The third kappa shape index (κ3) is 4.11. The average molecular weight is 354 g/mol. The first-order valence-corrected chi connectivity index (χ1v) is 8.70. The molecule has 1 saturated heterocycles. The van der Waals surface area contributed by atoms with Gasteiger partial charge in [-0.15, -0.1) is 0 Å². The highest BCUT2D eigenvalue weighted by molar-refractivity contribution is 5.90. The summed E-state index contributed by atoms with van der Waals surface area (Å²) in [6.45, 7) is 3.93. The number of hydrogen-bond acceptors (Lipinski definition) is 5. The number of ether oxygens (including phenoxy) is 3. The minimum atomic E-state index is -0.486. The van der Waals surface area contributed by atoms with Crippen LogP contribution in [-0.2, 0) is 14.2 Å². The van der Waals surface area contributed by atoms with Crippen molar-refractivity contribution in [3.05, 3.63) is 71.8 Å². The highest BCUT2D eigenvalue weighted by Gasteiger charge is 2.43. The smallest absolute Gasteiger partial charge is 0.338 e. The molecule has 5 heteroatoms. The van der Waals surface area contributed by atoms with Crippen molar-refractivity contribution < 1.29 is 23.8 Å². The van der Waals surface area contributed by atoms with Gasteiger partial charge in [-0.1, -0.05) is 43.3 Å². The number of carbonyl (C=O) groups is 2. The van der Waals surface area contributed by atoms with Crippen molar-refractivity contribution in [1.29, 1.82) is 0 Å². The van der Waals surface area contributed by atoms with E-state index in [4.69, 9.17) is 14.2 Å². The summed E-state index contributed by atoms with van der Waals surface area (Å²) in [4.78, 5) is 24.5. The van der Waals surface area contributed by atoms with Crippen molar-refractivity contribution in [3.63, 3.8) is 0 Å². The molecule has 4 atom stereocenters. The first kappa shape index (κ1) is 18.1. The fraction of sp³-hybridized carbons (Fsp3) is 0.333. The van der Waals surface area contributed by atoms with Gasteiger partial charge in [-0.3, -0.25) is 0 Å². The maximum Gasteiger partial charge on any atom is 0.338 e. The molecule has 0 spiro atoms. The normalized spacial score (nSPS) is 24.8. The Bertz CT molecular complexity index is 744. The number of hydrogen-bond donors (Lipinski definition) is 0. The summed E-state index contributed by atoms with van der Waals surface area (Å²) in [5.41, 5.74) is 0.962. The van der Waals surface area contributed by atoms with Crippen molar-refractivity contribution >= 4 is 11.9 Å². The number of rotatable bonds is 5. The van der Waals surface area contributed by atoms with Gasteiger partial charge >= 0.3 is 11.9 Å². The highest BCUT2D eigenvalue weighted by atomic mass is 16.6. The molecule has 0 bridgehead atoms. The monoisotopic (exact) mass is 354 g/mol. The van der Waals surface area contributed by atoms with Crippen molar-refractivity contribution in [1.82, 2.24) is 0 Å². The van der Waals surface area contributed by atoms with Crippen LogP contribution in [0.2, 0.25) is 0 Å². The highest BCUT2D eigenvalue weighted by Crippen LogP contribution is 2.30. The van der Waals surface area contributed by atoms with E-state index in [1.807, 2.05) is 26.0 Å². The summed E-state index contributed by atoms with van der Waals surface area (Å²) >= 11 is 0. The Morgan fingerprint density at radius 1 is 0.885 bits per heavy atom. The molecule has 0 saturated carbocycles. The molecule has 1 aliphatic heterocycles. The molecule has 2 aromatic carbocycles. The topological polar surface area (TPSA) is 61.8 Å². The lowest BCUT2D eigenvalue weighted by Gasteiger charge is -2.21. The molecule has 0 radical (unpaired) electrons. The molecule has 5 nitrogen and oxygen atoms in total. The zero-order valence-electron chi connectivity index (χ0n) is 14.8. The Balaban J connectivity index is 1.63. The standard InChI is InChI=1S/C21H22O5/c1-14-15(2)25-18(13-24-20(22)16-9-5-3-6-10-16)19(14)26-21(23)17-11-7-4-8-12-17/h3-12,14-15,18-19H,13H2,1-2H3/t14-,15-,18+,19-/m1/s1. The Hall–Kier alpha value is -2.66. The van der Waals surface area contributed by atoms with Gasteiger partial charge in [0.2, 0.25) is 0 Å². The second-order valence-electron chi connectivity index (χ2n) is 6.44. The SMILES string of the molecule is C[C@H]1[C@@H](OC(=O)c2ccccc2)[C@H](COC(=O)c2ccccc2)O[C@@H]1C. The van der Waals surface area contributed by atoms with E-state index in [0.717, 1.165) is 0 Å². The maximum atomic E-state index is 12.4. The molecule has 26 heavy (non-hydrogen) atoms. The van der Waals surface area contributed by atoms with Crippen LogP contribution in [0.25, 0.3) is 0 Å². The summed E-state index contributed by atoms with van der Waals surface area (Å²) < 4.78 is 16.9. The predicted molar refractivity (Wildman–Crippen MR) is 95.9 cm³/mol. The van der Waals surface area contributed by atoms with E-state index in [-0.39, 0.29) is 18.6 Å². The Labute approximate surface area is 152 Å². The average Bonchev–Trinajstić information content (AvgIpc) is 2.95. The molecule has 2 aromatic rings. The third-order valence-corrected chi connectivity index (χ3v) is 4.66. The van der Waals surface area contributed by atoms with Gasteiger partial charge in [-0.05, 0) is 31.2 Å². The van der Waals surface area contributed by atoms with Gasteiger partial charge in [-0.2, -0.15) is 0 Å². The van der Waals surface area contributed by atoms with Gasteiger partial charge in [0, 0.05) is 5.92 Å². The van der Waals surface area contributed by atoms with Crippen molar-refractivity contribution in [3.8, 4) is 0 Å². The van der Waals surface area contributed by atoms with E-state index >= 15 is 0 Å². The molecule has 0 N–H and O–H groups in total. The Morgan fingerprint density at radius 3 is 2.00 bits per heavy atom. The Kier molecular flexibility index (Phi) is 5.68. The predicted octanol–water partition coefficient (Wildman–Crippen LogP) is 3.49. The summed E-state index contributed by atoms with van der Waals surface area (Å²) in [6.07, 6.45) is -1.05. The maximum absolute atomic E-state index is 12.4. The third-order valence-electron chi connectivity index (χ3n) is 4.66. The molecule has 1 fully saturated rings. The number of benzene rings is 2. The van der Waals surface area contributed by atoms with Gasteiger partial charge in [0.25, 0.3) is 0 Å². The molecule has 0 unspecified atom stereocenters. The molecular formula is C21H22O5. The fourth-order valence-electron chi connectivity index (χ4n) is 2.98. The molecule has 136 valence electrons. The first-order chi connectivity index (χ1) is 12.6. The van der Waals surface area contributed by atoms with Crippen LogP contribution in [0.15, 0.2) is 60.7 Å². The van der Waals surface area contributed by atoms with Crippen LogP contribution in [-0.4, -0.2) is 36.9 Å². The van der Waals surface area contributed by atoms with E-state index in [0.29, 0.717) is 11.1 Å². The van der Waals surface area contributed by atoms with Crippen LogP contribution >= 0.6 is 0 Å². The van der Waals surface area contributed by atoms with E-state index < -0.39 is 24.1 Å². The molecule has 1 heterocycles. The van der Waals surface area contributed by atoms with Gasteiger partial charge in [-0.25, -0.2) is 9.59 Å². The second-order valence-corrected chi connectivity index (χ2v) is 6.44. The molecule has 3 rings (SSSR count). The number of esters is 2. The fourth-order valence-corrected chi connectivity index (χ4v) is 2.98. The lowest BCUT2D eigenvalue weighted by atomic mass is 9.99. The van der Waals surface area contributed by atoms with Crippen molar-refractivity contribution in [2.24, 2.45) is 5.92 Å². The summed E-state index contributed by atoms with van der Waals surface area (Å²) in [7, 11) is 0. The van der Waals surface area contributed by atoms with Crippen LogP contribution in [0.4, 0.5) is 0 Å². The van der Waals surface area contributed by atoms with Crippen LogP contribution in [0.1, 0.15) is 34.6 Å². The number of carbonyl (C=O) groups excluding carboxylic acids is 2. The zero-order chi connectivity index (χ0) is 18.5. The lowest BCUT2D eigenvalue weighted by molar-refractivity contribution is -0.0399. The summed E-state index contributed by atoms with van der Waals surface area (Å²) in [5.74, 6) is -0.822. The van der Waals surface area contributed by atoms with Gasteiger partial charge < -0.3 is 14.2 Å². The minimum absolute atomic E-state index is 0.00286. The minimum Gasteiger partial charge on any atom is -0.459 e.